The van der Waals surface area contributed by atoms with E-state index in [1.165, 1.54) is 10.7 Å². The lowest BCUT2D eigenvalue weighted by Gasteiger charge is -2.16. The topological polar surface area (TPSA) is 79.2 Å². The van der Waals surface area contributed by atoms with Crippen molar-refractivity contribution in [3.05, 3.63) is 41.2 Å². The van der Waals surface area contributed by atoms with Gasteiger partial charge in [0.25, 0.3) is 0 Å². The zero-order valence-electron chi connectivity index (χ0n) is 13.1. The zero-order valence-corrected chi connectivity index (χ0v) is 13.1. The maximum atomic E-state index is 12.9. The van der Waals surface area contributed by atoms with Crippen LogP contribution >= 0.6 is 0 Å². The number of aryl methyl sites for hydroxylation is 2. The van der Waals surface area contributed by atoms with Crippen LogP contribution in [0.1, 0.15) is 17.0 Å². The van der Waals surface area contributed by atoms with E-state index in [4.69, 9.17) is 5.11 Å². The van der Waals surface area contributed by atoms with E-state index in [1.54, 1.807) is 19.9 Å². The summed E-state index contributed by atoms with van der Waals surface area (Å²) >= 11 is 0. The maximum absolute atomic E-state index is 12.9. The Kier molecular flexibility index (Phi) is 5.13. The predicted octanol–water partition coefficient (Wildman–Crippen LogP) is 2.62. The summed E-state index contributed by atoms with van der Waals surface area (Å²) < 4.78 is 40.3. The average Bonchev–Trinajstić information content (AvgIpc) is 2.82. The second-order valence-electron chi connectivity index (χ2n) is 5.17. The van der Waals surface area contributed by atoms with Gasteiger partial charge in [-0.2, -0.15) is 18.3 Å². The first-order chi connectivity index (χ1) is 11.2. The number of halogens is 3. The number of alkyl halides is 3. The van der Waals surface area contributed by atoms with Crippen molar-refractivity contribution < 1.29 is 23.1 Å². The lowest BCUT2D eigenvalue weighted by atomic mass is 10.1. The Morgan fingerprint density at radius 2 is 2.00 bits per heavy atom. The van der Waals surface area contributed by atoms with Crippen molar-refractivity contribution in [2.24, 2.45) is 0 Å². The van der Waals surface area contributed by atoms with Gasteiger partial charge in [-0.3, -0.25) is 0 Å². The minimum absolute atomic E-state index is 0.0139. The molecule has 2 rings (SSSR count). The van der Waals surface area contributed by atoms with Crippen molar-refractivity contribution in [3.8, 4) is 5.69 Å². The van der Waals surface area contributed by atoms with Crippen LogP contribution in [0, 0.1) is 13.8 Å². The number of aromatic nitrogens is 2. The molecule has 0 unspecified atom stereocenters. The van der Waals surface area contributed by atoms with Crippen molar-refractivity contribution in [1.82, 2.24) is 15.1 Å². The molecule has 0 atom stereocenters. The van der Waals surface area contributed by atoms with Crippen LogP contribution in [0.4, 0.5) is 23.7 Å². The summed E-state index contributed by atoms with van der Waals surface area (Å²) in [6.07, 6.45) is -4.54. The SMILES string of the molecule is Cc1cc(C)n(-c2ccc(C(F)(F)F)cc2NC(=O)NCCO)n1. The first kappa shape index (κ1) is 17.8. The second-order valence-corrected chi connectivity index (χ2v) is 5.17. The molecule has 0 saturated carbocycles. The number of urea groups is 1. The van der Waals surface area contributed by atoms with Crippen molar-refractivity contribution in [2.45, 2.75) is 20.0 Å². The Morgan fingerprint density at radius 1 is 1.29 bits per heavy atom. The largest absolute Gasteiger partial charge is 0.416 e. The lowest BCUT2D eigenvalue weighted by Crippen LogP contribution is -2.31. The Bertz CT molecular complexity index is 741. The zero-order chi connectivity index (χ0) is 17.9. The van der Waals surface area contributed by atoms with Gasteiger partial charge in [0.1, 0.15) is 0 Å². The fourth-order valence-electron chi connectivity index (χ4n) is 2.21. The number of carbonyl (C=O) groups is 1. The summed E-state index contributed by atoms with van der Waals surface area (Å²) in [4.78, 5) is 11.8. The summed E-state index contributed by atoms with van der Waals surface area (Å²) in [6.45, 7) is 3.22. The van der Waals surface area contributed by atoms with E-state index in [1.807, 2.05) is 0 Å². The second kappa shape index (κ2) is 6.91. The summed E-state index contributed by atoms with van der Waals surface area (Å²) in [7, 11) is 0. The molecule has 2 aromatic rings. The highest BCUT2D eigenvalue weighted by atomic mass is 19.4. The molecule has 0 aliphatic heterocycles. The van der Waals surface area contributed by atoms with Gasteiger partial charge in [-0.25, -0.2) is 9.48 Å². The van der Waals surface area contributed by atoms with E-state index < -0.39 is 17.8 Å². The lowest BCUT2D eigenvalue weighted by molar-refractivity contribution is -0.137. The summed E-state index contributed by atoms with van der Waals surface area (Å²) in [6, 6.07) is 4.09. The fourth-order valence-corrected chi connectivity index (χ4v) is 2.21. The van der Waals surface area contributed by atoms with Crippen molar-refractivity contribution in [1.29, 1.82) is 0 Å². The Labute approximate surface area is 136 Å². The van der Waals surface area contributed by atoms with Gasteiger partial charge in [-0.15, -0.1) is 0 Å². The molecular formula is C15H17F3N4O2. The van der Waals surface area contributed by atoms with E-state index >= 15 is 0 Å². The van der Waals surface area contributed by atoms with Crippen LogP contribution in [0.3, 0.4) is 0 Å². The number of nitrogens with one attached hydrogen (secondary N) is 2. The molecule has 0 radical (unpaired) electrons. The number of aliphatic hydroxyl groups is 1. The molecule has 1 aromatic carbocycles. The number of anilines is 1. The summed E-state index contributed by atoms with van der Waals surface area (Å²) in [5, 5.41) is 17.6. The molecule has 24 heavy (non-hydrogen) atoms. The molecule has 0 saturated heterocycles. The van der Waals surface area contributed by atoms with Crippen molar-refractivity contribution in [2.75, 3.05) is 18.5 Å². The highest BCUT2D eigenvalue weighted by Crippen LogP contribution is 2.33. The molecule has 1 heterocycles. The van der Waals surface area contributed by atoms with Crippen LogP contribution < -0.4 is 10.6 Å². The average molecular weight is 342 g/mol. The van der Waals surface area contributed by atoms with E-state index in [2.05, 4.69) is 15.7 Å². The maximum Gasteiger partial charge on any atom is 0.416 e. The minimum Gasteiger partial charge on any atom is -0.395 e. The molecular weight excluding hydrogens is 325 g/mol. The number of rotatable bonds is 4. The van der Waals surface area contributed by atoms with Crippen molar-refractivity contribution in [3.63, 3.8) is 0 Å². The molecule has 0 spiro atoms. The third-order valence-corrected chi connectivity index (χ3v) is 3.21. The van der Waals surface area contributed by atoms with E-state index in [9.17, 15) is 18.0 Å². The van der Waals surface area contributed by atoms with Gasteiger partial charge in [-0.1, -0.05) is 0 Å². The highest BCUT2D eigenvalue weighted by Gasteiger charge is 2.31. The van der Waals surface area contributed by atoms with Gasteiger partial charge in [0.15, 0.2) is 0 Å². The number of carbonyl (C=O) groups excluding carboxylic acids is 1. The number of aliphatic hydroxyl groups excluding tert-OH is 1. The molecule has 2 amide bonds. The molecule has 9 heteroatoms. The summed E-state index contributed by atoms with van der Waals surface area (Å²) in [5.41, 5.74) is 0.804. The van der Waals surface area contributed by atoms with Crippen molar-refractivity contribution >= 4 is 11.7 Å². The van der Waals surface area contributed by atoms with Gasteiger partial charge in [-0.05, 0) is 38.1 Å². The number of benzene rings is 1. The molecule has 0 aliphatic rings. The van der Waals surface area contributed by atoms with Crippen LogP contribution in [0.5, 0.6) is 0 Å². The van der Waals surface area contributed by atoms with Crippen LogP contribution in [-0.4, -0.2) is 34.1 Å². The van der Waals surface area contributed by atoms with Gasteiger partial charge in [0.05, 0.1) is 29.2 Å². The third kappa shape index (κ3) is 4.05. The molecule has 0 bridgehead atoms. The third-order valence-electron chi connectivity index (χ3n) is 3.21. The minimum atomic E-state index is -4.54. The van der Waals surface area contributed by atoms with Gasteiger partial charge in [0, 0.05) is 12.2 Å². The quantitative estimate of drug-likeness (QED) is 0.799. The fraction of sp³-hybridized carbons (Fsp3) is 0.333. The van der Waals surface area contributed by atoms with E-state index in [-0.39, 0.29) is 18.8 Å². The first-order valence-electron chi connectivity index (χ1n) is 7.13. The standard InChI is InChI=1S/C15H17F3N4O2/c1-9-7-10(2)22(21-9)13-4-3-11(15(16,17)18)8-12(13)20-14(24)19-5-6-23/h3-4,7-8,23H,5-6H2,1-2H3,(H2,19,20,24). The van der Waals surface area contributed by atoms with Crippen LogP contribution in [-0.2, 0) is 6.18 Å². The Morgan fingerprint density at radius 3 is 2.54 bits per heavy atom. The molecule has 0 fully saturated rings. The monoisotopic (exact) mass is 342 g/mol. The molecule has 6 nitrogen and oxygen atoms in total. The molecule has 3 N–H and O–H groups in total. The number of amides is 2. The molecule has 130 valence electrons. The van der Waals surface area contributed by atoms with E-state index in [0.29, 0.717) is 17.1 Å². The molecule has 0 aliphatic carbocycles. The van der Waals surface area contributed by atoms with Gasteiger partial charge < -0.3 is 15.7 Å². The number of hydrogen-bond acceptors (Lipinski definition) is 3. The van der Waals surface area contributed by atoms with E-state index in [0.717, 1.165) is 12.1 Å². The smallest absolute Gasteiger partial charge is 0.395 e. The van der Waals surface area contributed by atoms with Crippen LogP contribution in [0.25, 0.3) is 5.69 Å². The molecule has 1 aromatic heterocycles. The summed E-state index contributed by atoms with van der Waals surface area (Å²) in [5.74, 6) is 0. The van der Waals surface area contributed by atoms with Crippen LogP contribution in [0.15, 0.2) is 24.3 Å². The number of hydrogen-bond donors (Lipinski definition) is 3. The van der Waals surface area contributed by atoms with Gasteiger partial charge in [0.2, 0.25) is 0 Å². The van der Waals surface area contributed by atoms with Crippen LogP contribution in [0.2, 0.25) is 0 Å². The number of nitrogens with zero attached hydrogens (tertiary/aromatic N) is 2. The highest BCUT2D eigenvalue weighted by molar-refractivity contribution is 5.91. The Hall–Kier alpha value is -2.55. The van der Waals surface area contributed by atoms with Gasteiger partial charge >= 0.3 is 12.2 Å². The first-order valence-corrected chi connectivity index (χ1v) is 7.13. The normalized spacial score (nSPS) is 11.4. The predicted molar refractivity (Wildman–Crippen MR) is 82.1 cm³/mol. The Balaban J connectivity index is 2.46.